The van der Waals surface area contributed by atoms with Crippen LogP contribution in [0.15, 0.2) is 0 Å². The predicted octanol–water partition coefficient (Wildman–Crippen LogP) is 2.78. The summed E-state index contributed by atoms with van der Waals surface area (Å²) < 4.78 is 0. The fraction of sp³-hybridized carbons (Fsp3) is 0.900. The molecule has 72 valence electrons. The maximum absolute atomic E-state index is 10.9. The molecule has 0 aliphatic heterocycles. The first kappa shape index (κ1) is 11.5. The zero-order valence-corrected chi connectivity index (χ0v) is 8.72. The maximum atomic E-state index is 10.9. The Labute approximate surface area is 75.0 Å². The molecule has 0 amide bonds. The Kier molecular flexibility index (Phi) is 3.75. The van der Waals surface area contributed by atoms with Gasteiger partial charge in [0, 0.05) is 0 Å². The number of hydrogen-bond acceptors (Lipinski definition) is 1. The van der Waals surface area contributed by atoms with Gasteiger partial charge in [-0.2, -0.15) is 0 Å². The van der Waals surface area contributed by atoms with Crippen molar-refractivity contribution in [2.75, 3.05) is 0 Å². The first-order valence-electron chi connectivity index (χ1n) is 4.48. The van der Waals surface area contributed by atoms with E-state index in [0.29, 0.717) is 5.92 Å². The summed E-state index contributed by atoms with van der Waals surface area (Å²) in [6.45, 7) is 10.1. The van der Waals surface area contributed by atoms with Gasteiger partial charge in [-0.05, 0) is 17.8 Å². The topological polar surface area (TPSA) is 37.3 Å². The van der Waals surface area contributed by atoms with E-state index in [1.54, 1.807) is 0 Å². The second-order valence-corrected chi connectivity index (χ2v) is 4.89. The van der Waals surface area contributed by atoms with E-state index in [9.17, 15) is 4.79 Å². The van der Waals surface area contributed by atoms with E-state index < -0.39 is 5.97 Å². The lowest BCUT2D eigenvalue weighted by Crippen LogP contribution is -2.29. The first-order chi connectivity index (χ1) is 5.25. The molecule has 0 bridgehead atoms. The van der Waals surface area contributed by atoms with Crippen LogP contribution in [-0.2, 0) is 4.79 Å². The molecule has 0 spiro atoms. The molecule has 1 N–H and O–H groups in total. The maximum Gasteiger partial charge on any atom is 0.307 e. The van der Waals surface area contributed by atoms with Crippen LogP contribution >= 0.6 is 0 Å². The molecular weight excluding hydrogens is 152 g/mol. The van der Waals surface area contributed by atoms with E-state index in [2.05, 4.69) is 13.8 Å². The molecule has 0 aliphatic carbocycles. The van der Waals surface area contributed by atoms with Crippen LogP contribution in [0.5, 0.6) is 0 Å². The van der Waals surface area contributed by atoms with Crippen molar-refractivity contribution in [2.24, 2.45) is 17.3 Å². The summed E-state index contributed by atoms with van der Waals surface area (Å²) in [5.41, 5.74) is -0.129. The highest BCUT2D eigenvalue weighted by atomic mass is 16.4. The van der Waals surface area contributed by atoms with Gasteiger partial charge in [0.2, 0.25) is 0 Å². The molecule has 2 heteroatoms. The molecule has 12 heavy (non-hydrogen) atoms. The second-order valence-electron chi connectivity index (χ2n) is 4.89. The number of rotatable bonds is 3. The molecule has 0 fully saturated rings. The zero-order chi connectivity index (χ0) is 9.94. The predicted molar refractivity (Wildman–Crippen MR) is 50.0 cm³/mol. The average Bonchev–Trinajstić information content (AvgIpc) is 1.79. The van der Waals surface area contributed by atoms with Crippen LogP contribution in [0.2, 0.25) is 0 Å². The summed E-state index contributed by atoms with van der Waals surface area (Å²) in [6.07, 6.45) is 0.763. The largest absolute Gasteiger partial charge is 0.481 e. The highest BCUT2D eigenvalue weighted by Crippen LogP contribution is 2.31. The van der Waals surface area contributed by atoms with Crippen molar-refractivity contribution in [2.45, 2.75) is 41.0 Å². The van der Waals surface area contributed by atoms with Crippen LogP contribution in [0.25, 0.3) is 0 Å². The molecule has 0 rings (SSSR count). The van der Waals surface area contributed by atoms with Crippen molar-refractivity contribution < 1.29 is 9.90 Å². The molecule has 0 saturated heterocycles. The average molecular weight is 172 g/mol. The lowest BCUT2D eigenvalue weighted by atomic mass is 9.76. The number of aliphatic carboxylic acids is 1. The van der Waals surface area contributed by atoms with Gasteiger partial charge in [0.1, 0.15) is 0 Å². The van der Waals surface area contributed by atoms with Gasteiger partial charge in [0.25, 0.3) is 0 Å². The van der Waals surface area contributed by atoms with Crippen LogP contribution in [-0.4, -0.2) is 11.1 Å². The van der Waals surface area contributed by atoms with Crippen molar-refractivity contribution in [1.82, 2.24) is 0 Å². The van der Waals surface area contributed by atoms with Gasteiger partial charge in [-0.25, -0.2) is 0 Å². The highest BCUT2D eigenvalue weighted by Gasteiger charge is 2.31. The fourth-order valence-electron chi connectivity index (χ4n) is 1.30. The quantitative estimate of drug-likeness (QED) is 0.710. The summed E-state index contributed by atoms with van der Waals surface area (Å²) in [4.78, 5) is 10.9. The minimum absolute atomic E-state index is 0.129. The Morgan fingerprint density at radius 1 is 1.33 bits per heavy atom. The Balaban J connectivity index is 4.35. The summed E-state index contributed by atoms with van der Waals surface area (Å²) in [5, 5.41) is 8.96. The molecule has 1 atom stereocenters. The van der Waals surface area contributed by atoms with Crippen LogP contribution in [0.1, 0.15) is 41.0 Å². The molecule has 0 aromatic heterocycles. The fourth-order valence-corrected chi connectivity index (χ4v) is 1.30. The number of carboxylic acids is 1. The number of hydrogen-bond donors (Lipinski definition) is 1. The van der Waals surface area contributed by atoms with Crippen molar-refractivity contribution in [1.29, 1.82) is 0 Å². The number of carboxylic acid groups (broad SMARTS) is 1. The zero-order valence-electron chi connectivity index (χ0n) is 8.72. The van der Waals surface area contributed by atoms with Crippen LogP contribution < -0.4 is 0 Å². The van der Waals surface area contributed by atoms with E-state index in [0.717, 1.165) is 6.42 Å². The second kappa shape index (κ2) is 3.92. The Morgan fingerprint density at radius 2 is 1.75 bits per heavy atom. The molecular formula is C10H20O2. The van der Waals surface area contributed by atoms with Crippen molar-refractivity contribution in [3.8, 4) is 0 Å². The highest BCUT2D eigenvalue weighted by molar-refractivity contribution is 5.70. The summed E-state index contributed by atoms with van der Waals surface area (Å²) in [5.74, 6) is -0.445. The minimum Gasteiger partial charge on any atom is -0.481 e. The molecule has 0 unspecified atom stereocenters. The van der Waals surface area contributed by atoms with Crippen LogP contribution in [0.4, 0.5) is 0 Å². The normalized spacial score (nSPS) is 14.8. The van der Waals surface area contributed by atoms with Gasteiger partial charge < -0.3 is 5.11 Å². The lowest BCUT2D eigenvalue weighted by Gasteiger charge is -2.28. The molecule has 0 saturated carbocycles. The monoisotopic (exact) mass is 172 g/mol. The van der Waals surface area contributed by atoms with Gasteiger partial charge in [0.15, 0.2) is 0 Å². The van der Waals surface area contributed by atoms with E-state index in [4.69, 9.17) is 5.11 Å². The minimum atomic E-state index is -0.670. The Morgan fingerprint density at radius 3 is 1.83 bits per heavy atom. The summed E-state index contributed by atoms with van der Waals surface area (Å²) in [7, 11) is 0. The van der Waals surface area contributed by atoms with E-state index >= 15 is 0 Å². The third-order valence-corrected chi connectivity index (χ3v) is 2.05. The molecule has 2 nitrogen and oxygen atoms in total. The first-order valence-corrected chi connectivity index (χ1v) is 4.48. The molecule has 0 aromatic rings. The van der Waals surface area contributed by atoms with Gasteiger partial charge in [-0.1, -0.05) is 34.6 Å². The molecule has 0 aromatic carbocycles. The Hall–Kier alpha value is -0.530. The van der Waals surface area contributed by atoms with Crippen molar-refractivity contribution in [3.05, 3.63) is 0 Å². The van der Waals surface area contributed by atoms with Crippen molar-refractivity contribution >= 4 is 5.97 Å². The SMILES string of the molecule is CC(C)C[C@@H](C(=O)O)C(C)(C)C. The molecule has 0 radical (unpaired) electrons. The van der Waals surface area contributed by atoms with Gasteiger partial charge in [0.05, 0.1) is 5.92 Å². The van der Waals surface area contributed by atoms with Gasteiger partial charge in [-0.3, -0.25) is 4.79 Å². The molecule has 0 aliphatic rings. The van der Waals surface area contributed by atoms with Crippen molar-refractivity contribution in [3.63, 3.8) is 0 Å². The van der Waals surface area contributed by atoms with E-state index in [1.165, 1.54) is 0 Å². The summed E-state index contributed by atoms with van der Waals surface area (Å²) in [6, 6.07) is 0. The van der Waals surface area contributed by atoms with Gasteiger partial charge >= 0.3 is 5.97 Å². The van der Waals surface area contributed by atoms with Gasteiger partial charge in [-0.15, -0.1) is 0 Å². The lowest BCUT2D eigenvalue weighted by molar-refractivity contribution is -0.146. The van der Waals surface area contributed by atoms with E-state index in [1.807, 2.05) is 20.8 Å². The summed E-state index contributed by atoms with van der Waals surface area (Å²) >= 11 is 0. The van der Waals surface area contributed by atoms with Crippen LogP contribution in [0.3, 0.4) is 0 Å². The standard InChI is InChI=1S/C10H20O2/c1-7(2)6-8(9(11)12)10(3,4)5/h7-8H,6H2,1-5H3,(H,11,12)/t8-/m0/s1. The third-order valence-electron chi connectivity index (χ3n) is 2.05. The van der Waals surface area contributed by atoms with E-state index in [-0.39, 0.29) is 11.3 Å². The smallest absolute Gasteiger partial charge is 0.307 e. The van der Waals surface area contributed by atoms with Crippen LogP contribution in [0, 0.1) is 17.3 Å². The third kappa shape index (κ3) is 3.74. The number of carbonyl (C=O) groups is 1. The Bertz CT molecular complexity index is 154. The molecule has 0 heterocycles.